The zero-order chi connectivity index (χ0) is 16.3. The predicted octanol–water partition coefficient (Wildman–Crippen LogP) is 3.99. The van der Waals surface area contributed by atoms with Gasteiger partial charge in [0.05, 0.1) is 21.1 Å². The molecular weight excluding hydrogens is 353 g/mol. The molecule has 2 aromatic heterocycles. The van der Waals surface area contributed by atoms with E-state index < -0.39 is 0 Å². The average molecular weight is 362 g/mol. The van der Waals surface area contributed by atoms with E-state index in [1.807, 2.05) is 18.2 Å². The Balaban J connectivity index is 1.57. The summed E-state index contributed by atoms with van der Waals surface area (Å²) in [6.45, 7) is 0.225. The number of benzene rings is 2. The number of halogens is 2. The van der Waals surface area contributed by atoms with Crippen LogP contribution in [0.5, 0.6) is 11.5 Å². The van der Waals surface area contributed by atoms with Crippen LogP contribution >= 0.6 is 23.2 Å². The summed E-state index contributed by atoms with van der Waals surface area (Å²) in [5.74, 6) is 2.46. The van der Waals surface area contributed by atoms with Crippen molar-refractivity contribution in [2.45, 2.75) is 0 Å². The van der Waals surface area contributed by atoms with Crippen molar-refractivity contribution in [3.63, 3.8) is 0 Å². The number of H-pyrrole nitrogens is 1. The van der Waals surface area contributed by atoms with E-state index in [9.17, 15) is 0 Å². The summed E-state index contributed by atoms with van der Waals surface area (Å²) in [5.41, 5.74) is 2.39. The van der Waals surface area contributed by atoms with E-state index in [2.05, 4.69) is 20.4 Å². The molecule has 0 spiro atoms. The summed E-state index contributed by atoms with van der Waals surface area (Å²) < 4.78 is 12.6. The van der Waals surface area contributed by atoms with Crippen molar-refractivity contribution in [1.29, 1.82) is 0 Å². The lowest BCUT2D eigenvalue weighted by atomic mass is 10.3. The highest BCUT2D eigenvalue weighted by Gasteiger charge is 2.18. The molecule has 3 heterocycles. The van der Waals surface area contributed by atoms with Crippen molar-refractivity contribution in [1.82, 2.24) is 19.6 Å². The van der Waals surface area contributed by atoms with Crippen LogP contribution in [0, 0.1) is 0 Å². The van der Waals surface area contributed by atoms with Gasteiger partial charge in [-0.15, -0.1) is 0 Å². The van der Waals surface area contributed by atoms with Gasteiger partial charge < -0.3 is 14.8 Å². The summed E-state index contributed by atoms with van der Waals surface area (Å²) in [6.07, 6.45) is 0. The third-order valence-electron chi connectivity index (χ3n) is 3.74. The van der Waals surface area contributed by atoms with Gasteiger partial charge in [-0.1, -0.05) is 23.2 Å². The van der Waals surface area contributed by atoms with Crippen LogP contribution in [0.15, 0.2) is 30.3 Å². The largest absolute Gasteiger partial charge is 0.454 e. The monoisotopic (exact) mass is 361 g/mol. The molecule has 7 nitrogen and oxygen atoms in total. The highest BCUT2D eigenvalue weighted by molar-refractivity contribution is 6.42. The number of hydrogen-bond acceptors (Lipinski definition) is 5. The summed E-state index contributed by atoms with van der Waals surface area (Å²) in [4.78, 5) is 8.91. The Bertz CT molecular complexity index is 1100. The Kier molecular flexibility index (Phi) is 2.83. The maximum Gasteiger partial charge on any atom is 0.253 e. The zero-order valence-corrected chi connectivity index (χ0v) is 13.5. The number of anilines is 2. The van der Waals surface area contributed by atoms with E-state index >= 15 is 0 Å². The predicted molar refractivity (Wildman–Crippen MR) is 90.7 cm³/mol. The second kappa shape index (κ2) is 4.93. The van der Waals surface area contributed by atoms with Gasteiger partial charge >= 0.3 is 0 Å². The van der Waals surface area contributed by atoms with Gasteiger partial charge in [0.15, 0.2) is 11.5 Å². The maximum absolute atomic E-state index is 6.02. The number of aromatic nitrogens is 4. The molecule has 24 heavy (non-hydrogen) atoms. The molecule has 2 aromatic carbocycles. The lowest BCUT2D eigenvalue weighted by molar-refractivity contribution is 0.174. The first kappa shape index (κ1) is 13.8. The number of nitrogens with zero attached hydrogens (tertiary/aromatic N) is 3. The molecule has 1 aliphatic heterocycles. The van der Waals surface area contributed by atoms with Gasteiger partial charge in [-0.2, -0.15) is 4.98 Å². The Hall–Kier alpha value is -2.64. The van der Waals surface area contributed by atoms with Crippen LogP contribution in [0.2, 0.25) is 10.0 Å². The van der Waals surface area contributed by atoms with Gasteiger partial charge in [-0.05, 0) is 18.2 Å². The number of ether oxygens (including phenoxy) is 2. The molecule has 120 valence electrons. The molecule has 4 aromatic rings. The van der Waals surface area contributed by atoms with Crippen molar-refractivity contribution in [3.8, 4) is 11.5 Å². The minimum absolute atomic E-state index is 0.225. The quantitative estimate of drug-likeness (QED) is 0.564. The standard InChI is InChI=1S/C15H9Cl2N5O2/c16-8-2-1-7(3-9(8)17)18-14-20-15-19-10-4-12-13(24-6-23-12)5-11(10)22(15)21-14/h1-5H,6H2,(H2,18,19,20,21). The fraction of sp³-hybridized carbons (Fsp3) is 0.0667. The van der Waals surface area contributed by atoms with Crippen molar-refractivity contribution >= 4 is 51.6 Å². The molecular formula is C15H9Cl2N5O2. The van der Waals surface area contributed by atoms with Crippen LogP contribution in [-0.2, 0) is 0 Å². The van der Waals surface area contributed by atoms with Crippen molar-refractivity contribution in [2.24, 2.45) is 0 Å². The number of imidazole rings is 1. The molecule has 2 N–H and O–H groups in total. The normalized spacial score (nSPS) is 13.1. The number of nitrogens with one attached hydrogen (secondary N) is 2. The average Bonchev–Trinajstić information content (AvgIpc) is 3.23. The first-order chi connectivity index (χ1) is 11.7. The van der Waals surface area contributed by atoms with Gasteiger partial charge in [0, 0.05) is 17.8 Å². The second-order valence-corrected chi connectivity index (χ2v) is 6.08. The molecule has 0 aliphatic carbocycles. The van der Waals surface area contributed by atoms with Gasteiger partial charge in [-0.25, -0.2) is 9.50 Å². The SMILES string of the molecule is Clc1ccc(Nc2nc3nc4cc5c(cc4n3[nH]2)OCO5)cc1Cl. The lowest BCUT2D eigenvalue weighted by Crippen LogP contribution is -1.93. The van der Waals surface area contributed by atoms with E-state index in [1.165, 1.54) is 0 Å². The van der Waals surface area contributed by atoms with Crippen molar-refractivity contribution in [3.05, 3.63) is 40.4 Å². The zero-order valence-electron chi connectivity index (χ0n) is 12.0. The van der Waals surface area contributed by atoms with Crippen molar-refractivity contribution in [2.75, 3.05) is 12.1 Å². The number of aromatic amines is 1. The fourth-order valence-electron chi connectivity index (χ4n) is 2.64. The minimum Gasteiger partial charge on any atom is -0.454 e. The van der Waals surface area contributed by atoms with Crippen LogP contribution in [0.25, 0.3) is 16.8 Å². The van der Waals surface area contributed by atoms with Crippen molar-refractivity contribution < 1.29 is 9.47 Å². The van der Waals surface area contributed by atoms with E-state index in [0.717, 1.165) is 16.7 Å². The minimum atomic E-state index is 0.225. The number of fused-ring (bicyclic) bond motifs is 4. The van der Waals surface area contributed by atoms with Crippen LogP contribution in [0.1, 0.15) is 0 Å². The van der Waals surface area contributed by atoms with E-state index in [0.29, 0.717) is 33.3 Å². The molecule has 0 atom stereocenters. The molecule has 0 bridgehead atoms. The van der Waals surface area contributed by atoms with Gasteiger partial charge in [0.2, 0.25) is 12.7 Å². The van der Waals surface area contributed by atoms with E-state index in [4.69, 9.17) is 32.7 Å². The van der Waals surface area contributed by atoms with E-state index in [1.54, 1.807) is 16.6 Å². The fourth-order valence-corrected chi connectivity index (χ4v) is 2.94. The summed E-state index contributed by atoms with van der Waals surface area (Å²) >= 11 is 11.9. The van der Waals surface area contributed by atoms with Gasteiger partial charge in [0.25, 0.3) is 5.78 Å². The van der Waals surface area contributed by atoms with E-state index in [-0.39, 0.29) is 6.79 Å². The van der Waals surface area contributed by atoms with Crippen LogP contribution in [0.4, 0.5) is 11.6 Å². The summed E-state index contributed by atoms with van der Waals surface area (Å²) in [6, 6.07) is 8.97. The summed E-state index contributed by atoms with van der Waals surface area (Å²) in [5, 5.41) is 7.26. The van der Waals surface area contributed by atoms with Crippen LogP contribution in [-0.4, -0.2) is 26.4 Å². The third kappa shape index (κ3) is 2.05. The maximum atomic E-state index is 6.02. The lowest BCUT2D eigenvalue weighted by Gasteiger charge is -2.03. The molecule has 0 saturated heterocycles. The number of rotatable bonds is 2. The Labute approximate surface area is 145 Å². The first-order valence-electron chi connectivity index (χ1n) is 7.07. The molecule has 0 unspecified atom stereocenters. The van der Waals surface area contributed by atoms with Crippen LogP contribution < -0.4 is 14.8 Å². The first-order valence-corrected chi connectivity index (χ1v) is 7.83. The smallest absolute Gasteiger partial charge is 0.253 e. The Morgan fingerprint density at radius 1 is 1.04 bits per heavy atom. The molecule has 9 heteroatoms. The summed E-state index contributed by atoms with van der Waals surface area (Å²) in [7, 11) is 0. The molecule has 1 aliphatic rings. The van der Waals surface area contributed by atoms with Gasteiger partial charge in [-0.3, -0.25) is 5.10 Å². The molecule has 0 fully saturated rings. The molecule has 0 amide bonds. The van der Waals surface area contributed by atoms with Gasteiger partial charge in [0.1, 0.15) is 0 Å². The Morgan fingerprint density at radius 2 is 1.88 bits per heavy atom. The molecule has 0 saturated carbocycles. The highest BCUT2D eigenvalue weighted by Crippen LogP contribution is 2.36. The number of hydrogen-bond donors (Lipinski definition) is 2. The molecule has 0 radical (unpaired) electrons. The third-order valence-corrected chi connectivity index (χ3v) is 4.48. The van der Waals surface area contributed by atoms with Crippen LogP contribution in [0.3, 0.4) is 0 Å². The molecule has 5 rings (SSSR count). The Morgan fingerprint density at radius 3 is 2.71 bits per heavy atom. The topological polar surface area (TPSA) is 76.5 Å². The highest BCUT2D eigenvalue weighted by atomic mass is 35.5. The second-order valence-electron chi connectivity index (χ2n) is 5.27.